The van der Waals surface area contributed by atoms with Gasteiger partial charge in [-0.1, -0.05) is 51.8 Å². The molecular weight excluding hydrogens is 728 g/mol. The third-order valence-corrected chi connectivity index (χ3v) is 18.0. The van der Waals surface area contributed by atoms with Gasteiger partial charge in [-0.05, 0) is 137 Å². The molecule has 0 aromatic carbocycles. The first-order valence-corrected chi connectivity index (χ1v) is 21.9. The topological polar surface area (TPSA) is 144 Å². The number of ether oxygens (including phenoxy) is 2. The van der Waals surface area contributed by atoms with Gasteiger partial charge >= 0.3 is 5.97 Å². The Morgan fingerprint density at radius 3 is 2.46 bits per heavy atom. The lowest BCUT2D eigenvalue weighted by molar-refractivity contribution is -0.220. The summed E-state index contributed by atoms with van der Waals surface area (Å²) in [5.41, 5.74) is -4.49. The van der Waals surface area contributed by atoms with E-state index in [1.165, 1.54) is 17.7 Å². The van der Waals surface area contributed by atoms with Crippen LogP contribution in [0.1, 0.15) is 119 Å². The second-order valence-corrected chi connectivity index (χ2v) is 20.6. The lowest BCUT2D eigenvalue weighted by atomic mass is 9.44. The summed E-state index contributed by atoms with van der Waals surface area (Å²) in [5.74, 6) is 0.278. The van der Waals surface area contributed by atoms with Crippen LogP contribution in [-0.2, 0) is 33.4 Å². The highest BCUT2D eigenvalue weighted by atomic mass is 19.1. The summed E-state index contributed by atoms with van der Waals surface area (Å²) in [7, 11) is 0. The SMILES string of the molecule is CC1CC2(C)C(OC(=O)CCC(C=O)OCC(=O)C3(O)C(C)CC4C5CCC6=CC(=O)C=CC6(C)C5(F)C(O)CC43C)CCC2C2C(C)CC3=CC(=O)CCC3C12. The van der Waals surface area contributed by atoms with E-state index in [2.05, 4.69) is 20.8 Å². The number of ketones is 3. The van der Waals surface area contributed by atoms with Gasteiger partial charge < -0.3 is 24.5 Å². The van der Waals surface area contributed by atoms with Crippen LogP contribution in [0.15, 0.2) is 35.5 Å². The number of halogens is 1. The van der Waals surface area contributed by atoms with Gasteiger partial charge in [0.1, 0.15) is 30.7 Å². The highest BCUT2D eigenvalue weighted by Gasteiger charge is 2.75. The van der Waals surface area contributed by atoms with Crippen LogP contribution in [0.2, 0.25) is 0 Å². The predicted molar refractivity (Wildman–Crippen MR) is 209 cm³/mol. The first kappa shape index (κ1) is 40.9. The highest BCUT2D eigenvalue weighted by Crippen LogP contribution is 2.71. The number of carbonyl (C=O) groups is 5. The summed E-state index contributed by atoms with van der Waals surface area (Å²) in [6.45, 7) is 11.7. The number of rotatable bonds is 9. The Kier molecular flexibility index (Phi) is 10.2. The van der Waals surface area contributed by atoms with Crippen LogP contribution < -0.4 is 0 Å². The number of hydrogen-bond acceptors (Lipinski definition) is 9. The van der Waals surface area contributed by atoms with Crippen molar-refractivity contribution in [1.29, 1.82) is 0 Å². The van der Waals surface area contributed by atoms with Gasteiger partial charge in [0.25, 0.3) is 0 Å². The molecule has 312 valence electrons. The normalized spacial score (nSPS) is 48.9. The number of aldehydes is 1. The number of Topliss-reactive ketones (excluding diaryl/α,β-unsaturated/α-hetero) is 1. The maximum Gasteiger partial charge on any atom is 0.306 e. The number of allylic oxidation sites excluding steroid dienone is 5. The number of esters is 1. The molecule has 9 nitrogen and oxygen atoms in total. The summed E-state index contributed by atoms with van der Waals surface area (Å²) >= 11 is 0. The van der Waals surface area contributed by atoms with Crippen LogP contribution in [-0.4, -0.2) is 76.0 Å². The first-order chi connectivity index (χ1) is 26.8. The van der Waals surface area contributed by atoms with E-state index in [1.54, 1.807) is 26.8 Å². The van der Waals surface area contributed by atoms with Crippen molar-refractivity contribution in [2.45, 2.75) is 148 Å². The molecular formula is C47H63FO9. The molecule has 10 heteroatoms. The maximum absolute atomic E-state index is 17.6. The number of aliphatic hydroxyl groups is 2. The van der Waals surface area contributed by atoms with Crippen molar-refractivity contribution in [3.8, 4) is 0 Å². The fourth-order valence-electron chi connectivity index (χ4n) is 15.4. The van der Waals surface area contributed by atoms with Gasteiger partial charge in [-0.2, -0.15) is 0 Å². The van der Waals surface area contributed by atoms with Crippen molar-refractivity contribution in [2.24, 2.45) is 69.5 Å². The fourth-order valence-corrected chi connectivity index (χ4v) is 15.4. The molecule has 0 bridgehead atoms. The number of alkyl halides is 1. The molecule has 2 N–H and O–H groups in total. The van der Waals surface area contributed by atoms with Crippen LogP contribution in [0, 0.1) is 69.5 Å². The van der Waals surface area contributed by atoms with Gasteiger partial charge in [0, 0.05) is 35.0 Å². The molecule has 0 amide bonds. The Labute approximate surface area is 336 Å². The molecule has 17 atom stereocenters. The molecule has 17 unspecified atom stereocenters. The van der Waals surface area contributed by atoms with Crippen molar-refractivity contribution in [1.82, 2.24) is 0 Å². The maximum atomic E-state index is 17.6. The lowest BCUT2D eigenvalue weighted by Gasteiger charge is -2.62. The second-order valence-electron chi connectivity index (χ2n) is 20.6. The van der Waals surface area contributed by atoms with Crippen LogP contribution in [0.25, 0.3) is 0 Å². The fraction of sp³-hybridized carbons (Fsp3) is 0.766. The monoisotopic (exact) mass is 790 g/mol. The van der Waals surface area contributed by atoms with Crippen molar-refractivity contribution in [2.75, 3.05) is 6.61 Å². The van der Waals surface area contributed by atoms with Crippen LogP contribution in [0.4, 0.5) is 4.39 Å². The van der Waals surface area contributed by atoms with E-state index < -0.39 is 70.4 Å². The molecule has 0 aromatic heterocycles. The summed E-state index contributed by atoms with van der Waals surface area (Å²) in [4.78, 5) is 64.1. The quantitative estimate of drug-likeness (QED) is 0.190. The van der Waals surface area contributed by atoms with Gasteiger partial charge in [0.15, 0.2) is 23.0 Å². The Hall–Kier alpha value is -2.82. The number of carbonyl (C=O) groups excluding carboxylic acids is 5. The van der Waals surface area contributed by atoms with Crippen molar-refractivity contribution in [3.63, 3.8) is 0 Å². The van der Waals surface area contributed by atoms with Gasteiger partial charge in [-0.3, -0.25) is 19.2 Å². The Morgan fingerprint density at radius 2 is 1.72 bits per heavy atom. The lowest BCUT2D eigenvalue weighted by Crippen LogP contribution is -2.69. The minimum absolute atomic E-state index is 0.0274. The predicted octanol–water partition coefficient (Wildman–Crippen LogP) is 6.81. The third kappa shape index (κ3) is 5.86. The van der Waals surface area contributed by atoms with Crippen LogP contribution in [0.5, 0.6) is 0 Å². The number of hydrogen-bond donors (Lipinski definition) is 2. The zero-order valence-electron chi connectivity index (χ0n) is 34.6. The van der Waals surface area contributed by atoms with Crippen LogP contribution >= 0.6 is 0 Å². The zero-order valence-corrected chi connectivity index (χ0v) is 34.6. The minimum atomic E-state index is -2.08. The van der Waals surface area contributed by atoms with Gasteiger partial charge in [-0.25, -0.2) is 4.39 Å². The van der Waals surface area contributed by atoms with E-state index in [0.717, 1.165) is 32.1 Å². The molecule has 0 aliphatic heterocycles. The van der Waals surface area contributed by atoms with E-state index in [4.69, 9.17) is 9.47 Å². The van der Waals surface area contributed by atoms with Crippen LogP contribution in [0.3, 0.4) is 0 Å². The largest absolute Gasteiger partial charge is 0.462 e. The molecule has 8 aliphatic rings. The van der Waals surface area contributed by atoms with E-state index in [-0.39, 0.29) is 42.3 Å². The Balaban J connectivity index is 0.888. The Bertz CT molecular complexity index is 1820. The summed E-state index contributed by atoms with van der Waals surface area (Å²) in [5, 5.41) is 24.0. The van der Waals surface area contributed by atoms with Gasteiger partial charge in [0.05, 0.1) is 6.10 Å². The average Bonchev–Trinajstić information content (AvgIpc) is 3.57. The first-order valence-electron chi connectivity index (χ1n) is 21.9. The number of aliphatic hydroxyl groups excluding tert-OH is 1. The van der Waals surface area contributed by atoms with E-state index in [1.807, 2.05) is 6.08 Å². The van der Waals surface area contributed by atoms with Crippen molar-refractivity contribution < 1.29 is 48.0 Å². The molecule has 0 aromatic rings. The number of fused-ring (bicyclic) bond motifs is 10. The molecule has 8 rings (SSSR count). The summed E-state index contributed by atoms with van der Waals surface area (Å²) in [6, 6.07) is 0. The van der Waals surface area contributed by atoms with E-state index in [0.29, 0.717) is 73.0 Å². The van der Waals surface area contributed by atoms with Crippen molar-refractivity contribution in [3.05, 3.63) is 35.5 Å². The summed E-state index contributed by atoms with van der Waals surface area (Å²) in [6.07, 6.45) is 10.5. The molecule has 0 heterocycles. The molecule has 57 heavy (non-hydrogen) atoms. The minimum Gasteiger partial charge on any atom is -0.462 e. The third-order valence-electron chi connectivity index (χ3n) is 18.0. The van der Waals surface area contributed by atoms with Gasteiger partial charge in [0.2, 0.25) is 0 Å². The molecule has 0 saturated heterocycles. The average molecular weight is 791 g/mol. The molecule has 0 spiro atoms. The van der Waals surface area contributed by atoms with Gasteiger partial charge in [-0.15, -0.1) is 0 Å². The molecule has 6 fully saturated rings. The van der Waals surface area contributed by atoms with E-state index >= 15 is 4.39 Å². The standard InChI is InChI=1S/C47H63FO9/c1-25-17-28-19-30(50)8-10-33(28)41-26(2)21-43(4)35(42(25)41)12-13-39(43)57-40(54)14-9-32(23-49)56-24-38(53)47(55)27(3)18-36-34-11-7-29-20-31(51)15-16-44(29,5)46(34,48)37(52)22-45(36,47)6/h15-16,19-20,23,25-27,32-37,39,41-42,52,55H,7-14,17-18,21-22,24H2,1-6H3. The highest BCUT2D eigenvalue weighted by molar-refractivity contribution is 6.01. The van der Waals surface area contributed by atoms with Crippen molar-refractivity contribution >= 4 is 29.6 Å². The molecule has 0 radical (unpaired) electrons. The Morgan fingerprint density at radius 1 is 0.965 bits per heavy atom. The zero-order chi connectivity index (χ0) is 41.0. The van der Waals surface area contributed by atoms with E-state index in [9.17, 15) is 34.2 Å². The smallest absolute Gasteiger partial charge is 0.306 e. The summed E-state index contributed by atoms with van der Waals surface area (Å²) < 4.78 is 29.6. The molecule has 8 aliphatic carbocycles. The second kappa shape index (κ2) is 14.1. The molecule has 6 saturated carbocycles.